The number of rotatable bonds is 3. The van der Waals surface area contributed by atoms with Gasteiger partial charge in [-0.1, -0.05) is 0 Å². The summed E-state index contributed by atoms with van der Waals surface area (Å²) in [5, 5.41) is 0. The summed E-state index contributed by atoms with van der Waals surface area (Å²) in [5.74, 6) is 1.10. The van der Waals surface area contributed by atoms with Crippen LogP contribution in [0.3, 0.4) is 0 Å². The van der Waals surface area contributed by atoms with Gasteiger partial charge in [-0.3, -0.25) is 9.59 Å². The van der Waals surface area contributed by atoms with Crippen molar-refractivity contribution in [3.63, 3.8) is 0 Å². The van der Waals surface area contributed by atoms with Gasteiger partial charge in [-0.25, -0.2) is 4.98 Å². The molecule has 2 fully saturated rings. The van der Waals surface area contributed by atoms with Gasteiger partial charge in [0.1, 0.15) is 0 Å². The van der Waals surface area contributed by atoms with Crippen molar-refractivity contribution >= 4 is 17.8 Å². The molecular weight excluding hydrogens is 310 g/mol. The molecule has 3 rings (SSSR count). The molecule has 0 N–H and O–H groups in total. The van der Waals surface area contributed by atoms with Gasteiger partial charge in [0.2, 0.25) is 23.6 Å². The molecule has 2 aliphatic heterocycles. The summed E-state index contributed by atoms with van der Waals surface area (Å²) in [6.45, 7) is 5.01. The van der Waals surface area contributed by atoms with Crippen LogP contribution in [0.25, 0.3) is 0 Å². The highest BCUT2D eigenvalue weighted by molar-refractivity contribution is 5.89. The van der Waals surface area contributed by atoms with E-state index in [1.165, 1.54) is 0 Å². The summed E-state index contributed by atoms with van der Waals surface area (Å²) >= 11 is 0. The molecule has 2 saturated heterocycles. The first kappa shape index (κ1) is 16.5. The Morgan fingerprint density at radius 2 is 1.96 bits per heavy atom. The molecule has 1 aromatic rings. The summed E-state index contributed by atoms with van der Waals surface area (Å²) in [5.41, 5.74) is 0.850. The van der Waals surface area contributed by atoms with Gasteiger partial charge in [-0.05, 0) is 6.92 Å². The third kappa shape index (κ3) is 3.27. The van der Waals surface area contributed by atoms with E-state index >= 15 is 0 Å². The fourth-order valence-electron chi connectivity index (χ4n) is 3.18. The zero-order valence-electron chi connectivity index (χ0n) is 14.4. The minimum absolute atomic E-state index is 0.0484. The van der Waals surface area contributed by atoms with E-state index in [4.69, 9.17) is 4.74 Å². The molecule has 1 aromatic heterocycles. The van der Waals surface area contributed by atoms with Gasteiger partial charge in [-0.15, -0.1) is 0 Å². The molecule has 0 aromatic carbocycles. The van der Waals surface area contributed by atoms with Gasteiger partial charge in [0, 0.05) is 58.0 Å². The van der Waals surface area contributed by atoms with Crippen molar-refractivity contribution in [2.45, 2.75) is 13.3 Å². The van der Waals surface area contributed by atoms with Gasteiger partial charge in [0.15, 0.2) is 0 Å². The van der Waals surface area contributed by atoms with Crippen LogP contribution in [0.4, 0.5) is 5.95 Å². The molecule has 1 unspecified atom stereocenters. The molecule has 2 amide bonds. The predicted octanol–water partition coefficient (Wildman–Crippen LogP) is -0.0795. The fraction of sp³-hybridized carbons (Fsp3) is 0.625. The Morgan fingerprint density at radius 3 is 2.54 bits per heavy atom. The van der Waals surface area contributed by atoms with Crippen LogP contribution in [0.15, 0.2) is 6.07 Å². The Kier molecular flexibility index (Phi) is 4.55. The molecule has 0 bridgehead atoms. The smallest absolute Gasteiger partial charge is 0.228 e. The number of methoxy groups -OCH3 is 1. The molecule has 0 saturated carbocycles. The first-order valence-electron chi connectivity index (χ1n) is 8.15. The number of nitrogens with zero attached hydrogens (tertiary/aromatic N) is 5. The number of aryl methyl sites for hydroxylation is 1. The molecule has 8 heteroatoms. The average molecular weight is 333 g/mol. The zero-order chi connectivity index (χ0) is 17.3. The molecule has 0 radical (unpaired) electrons. The van der Waals surface area contributed by atoms with Crippen molar-refractivity contribution in [3.05, 3.63) is 11.8 Å². The SMILES string of the molecule is COc1cc(C)nc(N2CCN(C(=O)C3CC(=O)N(C)C3)CC2)n1. The summed E-state index contributed by atoms with van der Waals surface area (Å²) in [4.78, 5) is 38.6. The van der Waals surface area contributed by atoms with Gasteiger partial charge in [0.05, 0.1) is 13.0 Å². The van der Waals surface area contributed by atoms with Crippen LogP contribution in [0, 0.1) is 12.8 Å². The maximum absolute atomic E-state index is 12.6. The number of hydrogen-bond acceptors (Lipinski definition) is 6. The monoisotopic (exact) mass is 333 g/mol. The molecule has 1 atom stereocenters. The van der Waals surface area contributed by atoms with Gasteiger partial charge < -0.3 is 19.4 Å². The van der Waals surface area contributed by atoms with Crippen molar-refractivity contribution < 1.29 is 14.3 Å². The average Bonchev–Trinajstić information content (AvgIpc) is 2.93. The number of amides is 2. The van der Waals surface area contributed by atoms with Crippen LogP contribution in [0.5, 0.6) is 5.88 Å². The van der Waals surface area contributed by atoms with Crippen LogP contribution in [-0.4, -0.2) is 78.5 Å². The van der Waals surface area contributed by atoms with E-state index in [2.05, 4.69) is 14.9 Å². The normalized spacial score (nSPS) is 21.4. The van der Waals surface area contributed by atoms with E-state index in [0.717, 1.165) is 5.69 Å². The van der Waals surface area contributed by atoms with Gasteiger partial charge in [-0.2, -0.15) is 4.98 Å². The highest BCUT2D eigenvalue weighted by atomic mass is 16.5. The second kappa shape index (κ2) is 6.62. The number of aromatic nitrogens is 2. The van der Waals surface area contributed by atoms with E-state index in [9.17, 15) is 9.59 Å². The fourth-order valence-corrected chi connectivity index (χ4v) is 3.18. The van der Waals surface area contributed by atoms with Crippen molar-refractivity contribution in [1.29, 1.82) is 0 Å². The third-order valence-corrected chi connectivity index (χ3v) is 4.59. The van der Waals surface area contributed by atoms with Crippen LogP contribution < -0.4 is 9.64 Å². The highest BCUT2D eigenvalue weighted by Crippen LogP contribution is 2.21. The zero-order valence-corrected chi connectivity index (χ0v) is 14.4. The summed E-state index contributed by atoms with van der Waals surface area (Å²) < 4.78 is 5.19. The number of piperazine rings is 1. The van der Waals surface area contributed by atoms with E-state index in [-0.39, 0.29) is 17.7 Å². The van der Waals surface area contributed by atoms with E-state index in [1.54, 1.807) is 25.1 Å². The number of likely N-dealkylation sites (tertiary alicyclic amines) is 1. The summed E-state index contributed by atoms with van der Waals surface area (Å²) in [6.07, 6.45) is 0.327. The topological polar surface area (TPSA) is 78.9 Å². The maximum Gasteiger partial charge on any atom is 0.228 e. The Morgan fingerprint density at radius 1 is 1.25 bits per heavy atom. The summed E-state index contributed by atoms with van der Waals surface area (Å²) in [6, 6.07) is 1.79. The number of ether oxygens (including phenoxy) is 1. The Bertz CT molecular complexity index is 643. The third-order valence-electron chi connectivity index (χ3n) is 4.59. The lowest BCUT2D eigenvalue weighted by Gasteiger charge is -2.36. The number of carbonyl (C=O) groups excluding carboxylic acids is 2. The van der Waals surface area contributed by atoms with Crippen molar-refractivity contribution in [3.8, 4) is 5.88 Å². The Hall–Kier alpha value is -2.38. The van der Waals surface area contributed by atoms with Crippen LogP contribution in [-0.2, 0) is 9.59 Å². The molecule has 3 heterocycles. The molecule has 130 valence electrons. The summed E-state index contributed by atoms with van der Waals surface area (Å²) in [7, 11) is 3.33. The molecule has 0 aliphatic carbocycles. The second-order valence-corrected chi connectivity index (χ2v) is 6.34. The van der Waals surface area contributed by atoms with Crippen molar-refractivity contribution in [1.82, 2.24) is 19.8 Å². The van der Waals surface area contributed by atoms with Crippen LogP contribution in [0.2, 0.25) is 0 Å². The first-order chi connectivity index (χ1) is 11.5. The molecule has 8 nitrogen and oxygen atoms in total. The van der Waals surface area contributed by atoms with E-state index in [1.807, 2.05) is 11.8 Å². The lowest BCUT2D eigenvalue weighted by atomic mass is 10.1. The van der Waals surface area contributed by atoms with Crippen molar-refractivity contribution in [2.24, 2.45) is 5.92 Å². The predicted molar refractivity (Wildman–Crippen MR) is 87.9 cm³/mol. The molecule has 24 heavy (non-hydrogen) atoms. The van der Waals surface area contributed by atoms with Crippen molar-refractivity contribution in [2.75, 3.05) is 51.8 Å². The minimum Gasteiger partial charge on any atom is -0.481 e. The molecule has 0 spiro atoms. The first-order valence-corrected chi connectivity index (χ1v) is 8.15. The molecule has 2 aliphatic rings. The van der Waals surface area contributed by atoms with Crippen LogP contribution >= 0.6 is 0 Å². The van der Waals surface area contributed by atoms with E-state index < -0.39 is 0 Å². The lowest BCUT2D eigenvalue weighted by Crippen LogP contribution is -2.51. The number of carbonyl (C=O) groups is 2. The van der Waals surface area contributed by atoms with Gasteiger partial charge >= 0.3 is 0 Å². The largest absolute Gasteiger partial charge is 0.481 e. The quantitative estimate of drug-likeness (QED) is 0.770. The maximum atomic E-state index is 12.6. The van der Waals surface area contributed by atoms with E-state index in [0.29, 0.717) is 51.0 Å². The lowest BCUT2D eigenvalue weighted by molar-refractivity contribution is -0.136. The second-order valence-electron chi connectivity index (χ2n) is 6.34. The standard InChI is InChI=1S/C16H23N5O3/c1-11-8-13(24-3)18-16(17-11)21-6-4-20(5-7-21)15(23)12-9-14(22)19(2)10-12/h8,12H,4-7,9-10H2,1-3H3. The number of anilines is 1. The number of hydrogen-bond donors (Lipinski definition) is 0. The van der Waals surface area contributed by atoms with Gasteiger partial charge in [0.25, 0.3) is 0 Å². The highest BCUT2D eigenvalue weighted by Gasteiger charge is 2.35. The Balaban J connectivity index is 1.61. The Labute approximate surface area is 141 Å². The minimum atomic E-state index is -0.204. The van der Waals surface area contributed by atoms with Crippen LogP contribution in [0.1, 0.15) is 12.1 Å². The molecular formula is C16H23N5O3.